The van der Waals surface area contributed by atoms with Gasteiger partial charge in [-0.25, -0.2) is 13.6 Å². The lowest BCUT2D eigenvalue weighted by Crippen LogP contribution is -2.42. The molecule has 0 saturated carbocycles. The third-order valence-electron chi connectivity index (χ3n) is 2.15. The maximum atomic E-state index is 11.4. The molecule has 1 amide bonds. The van der Waals surface area contributed by atoms with E-state index >= 15 is 0 Å². The van der Waals surface area contributed by atoms with Crippen molar-refractivity contribution in [3.8, 4) is 0 Å². The van der Waals surface area contributed by atoms with Crippen LogP contribution < -0.4 is 16.2 Å². The number of sulfonamides is 1. The Bertz CT molecular complexity index is 329. The van der Waals surface area contributed by atoms with E-state index in [2.05, 4.69) is 5.32 Å². The molecule has 2 atom stereocenters. The third kappa shape index (κ3) is 4.12. The molecule has 0 radical (unpaired) electrons. The molecule has 0 aliphatic carbocycles. The maximum absolute atomic E-state index is 11.4. The van der Waals surface area contributed by atoms with Crippen LogP contribution in [0.25, 0.3) is 0 Å². The molecular weight excluding hydrogens is 222 g/mol. The predicted octanol–water partition coefficient (Wildman–Crippen LogP) is -2.64. The molecule has 1 aliphatic rings. The number of amides is 1. The van der Waals surface area contributed by atoms with Crippen LogP contribution in [-0.4, -0.2) is 45.9 Å². The van der Waals surface area contributed by atoms with E-state index in [4.69, 9.17) is 15.6 Å². The topological polar surface area (TPSA) is 125 Å². The van der Waals surface area contributed by atoms with Crippen LogP contribution in [0.5, 0.6) is 0 Å². The summed E-state index contributed by atoms with van der Waals surface area (Å²) in [6.45, 7) is 0.635. The molecule has 7 nitrogen and oxygen atoms in total. The summed E-state index contributed by atoms with van der Waals surface area (Å²) in [5, 5.41) is 7.23. The molecule has 2 unspecified atom stereocenters. The Balaban J connectivity index is 2.30. The fraction of sp³-hybridized carbons (Fsp3) is 0.857. The van der Waals surface area contributed by atoms with E-state index in [1.165, 1.54) is 0 Å². The Morgan fingerprint density at radius 3 is 2.60 bits per heavy atom. The first-order chi connectivity index (χ1) is 6.90. The number of primary sulfonamides is 1. The highest BCUT2D eigenvalue weighted by atomic mass is 32.2. The fourth-order valence-corrected chi connectivity index (χ4v) is 1.68. The minimum atomic E-state index is -3.53. The van der Waals surface area contributed by atoms with Gasteiger partial charge < -0.3 is 15.8 Å². The van der Waals surface area contributed by atoms with Crippen LogP contribution in [0, 0.1) is 5.92 Å². The maximum Gasteiger partial charge on any atom is 0.227 e. The van der Waals surface area contributed by atoms with Crippen molar-refractivity contribution in [1.82, 2.24) is 5.32 Å². The van der Waals surface area contributed by atoms with Gasteiger partial charge in [-0.15, -0.1) is 0 Å². The van der Waals surface area contributed by atoms with Crippen molar-refractivity contribution in [3.05, 3.63) is 0 Å². The van der Waals surface area contributed by atoms with Crippen molar-refractivity contribution in [2.75, 3.05) is 25.5 Å². The normalized spacial score (nSPS) is 26.5. The summed E-state index contributed by atoms with van der Waals surface area (Å²) >= 11 is 0. The van der Waals surface area contributed by atoms with E-state index in [9.17, 15) is 13.2 Å². The zero-order valence-corrected chi connectivity index (χ0v) is 9.00. The molecule has 1 saturated heterocycles. The van der Waals surface area contributed by atoms with E-state index in [-0.39, 0.29) is 30.9 Å². The van der Waals surface area contributed by atoms with Crippen LogP contribution in [0.4, 0.5) is 0 Å². The van der Waals surface area contributed by atoms with Gasteiger partial charge in [-0.1, -0.05) is 0 Å². The number of nitrogens with two attached hydrogens (primary N) is 2. The molecule has 8 heteroatoms. The summed E-state index contributed by atoms with van der Waals surface area (Å²) in [4.78, 5) is 11.4. The Morgan fingerprint density at radius 2 is 2.13 bits per heavy atom. The van der Waals surface area contributed by atoms with E-state index < -0.39 is 15.9 Å². The Kier molecular flexibility index (Phi) is 4.03. The molecular formula is C7H15N3O4S. The van der Waals surface area contributed by atoms with Gasteiger partial charge in [0.05, 0.1) is 24.9 Å². The SMILES string of the molecule is NC1COCC1C(=O)NCCS(N)(=O)=O. The zero-order chi connectivity index (χ0) is 11.5. The highest BCUT2D eigenvalue weighted by Crippen LogP contribution is 2.10. The zero-order valence-electron chi connectivity index (χ0n) is 8.18. The van der Waals surface area contributed by atoms with Crippen molar-refractivity contribution >= 4 is 15.9 Å². The molecule has 0 aromatic heterocycles. The summed E-state index contributed by atoms with van der Waals surface area (Å²) < 4.78 is 26.2. The quantitative estimate of drug-likeness (QED) is 0.493. The van der Waals surface area contributed by atoms with Crippen LogP contribution in [0.15, 0.2) is 0 Å². The summed E-state index contributed by atoms with van der Waals surface area (Å²) in [6, 6.07) is -0.320. The van der Waals surface area contributed by atoms with Gasteiger partial charge in [-0.2, -0.15) is 0 Å². The van der Waals surface area contributed by atoms with E-state index in [0.29, 0.717) is 6.61 Å². The number of nitrogens with one attached hydrogen (secondary N) is 1. The van der Waals surface area contributed by atoms with Crippen molar-refractivity contribution < 1.29 is 17.9 Å². The summed E-state index contributed by atoms with van der Waals surface area (Å²) in [5.41, 5.74) is 5.61. The van der Waals surface area contributed by atoms with Gasteiger partial charge in [0.2, 0.25) is 15.9 Å². The van der Waals surface area contributed by atoms with Crippen molar-refractivity contribution in [2.24, 2.45) is 16.8 Å². The van der Waals surface area contributed by atoms with Crippen LogP contribution in [0.1, 0.15) is 0 Å². The molecule has 0 spiro atoms. The standard InChI is InChI=1S/C7H15N3O4S/c8-6-4-14-3-5(6)7(11)10-1-2-15(9,12)13/h5-6H,1-4,8H2,(H,10,11)(H2,9,12,13). The Labute approximate surface area is 88.2 Å². The van der Waals surface area contributed by atoms with Gasteiger partial charge in [0.25, 0.3) is 0 Å². The van der Waals surface area contributed by atoms with Crippen LogP contribution in [0.3, 0.4) is 0 Å². The van der Waals surface area contributed by atoms with Gasteiger partial charge in [0.1, 0.15) is 0 Å². The van der Waals surface area contributed by atoms with Gasteiger partial charge >= 0.3 is 0 Å². The number of ether oxygens (including phenoxy) is 1. The summed E-state index contributed by atoms with van der Waals surface area (Å²) in [6.07, 6.45) is 0. The number of rotatable bonds is 4. The molecule has 5 N–H and O–H groups in total. The van der Waals surface area contributed by atoms with Crippen molar-refractivity contribution in [2.45, 2.75) is 6.04 Å². The highest BCUT2D eigenvalue weighted by molar-refractivity contribution is 7.89. The molecule has 1 aliphatic heterocycles. The molecule has 1 rings (SSSR count). The largest absolute Gasteiger partial charge is 0.379 e. The number of hydrogen-bond donors (Lipinski definition) is 3. The lowest BCUT2D eigenvalue weighted by molar-refractivity contribution is -0.125. The first-order valence-corrected chi connectivity index (χ1v) is 6.23. The Hall–Kier alpha value is -0.700. The Morgan fingerprint density at radius 1 is 1.47 bits per heavy atom. The van der Waals surface area contributed by atoms with Crippen LogP contribution in [-0.2, 0) is 19.6 Å². The summed E-state index contributed by atoms with van der Waals surface area (Å²) in [5.74, 6) is -0.962. The average molecular weight is 237 g/mol. The van der Waals surface area contributed by atoms with Crippen LogP contribution in [0.2, 0.25) is 0 Å². The highest BCUT2D eigenvalue weighted by Gasteiger charge is 2.31. The second-order valence-electron chi connectivity index (χ2n) is 3.47. The second kappa shape index (κ2) is 4.88. The van der Waals surface area contributed by atoms with Gasteiger partial charge in [-0.3, -0.25) is 4.79 Å². The van der Waals surface area contributed by atoms with Crippen molar-refractivity contribution in [3.63, 3.8) is 0 Å². The monoisotopic (exact) mass is 237 g/mol. The third-order valence-corrected chi connectivity index (χ3v) is 2.92. The van der Waals surface area contributed by atoms with E-state index in [1.807, 2.05) is 0 Å². The first kappa shape index (κ1) is 12.4. The second-order valence-corrected chi connectivity index (χ2v) is 5.20. The van der Waals surface area contributed by atoms with Crippen molar-refractivity contribution in [1.29, 1.82) is 0 Å². The average Bonchev–Trinajstić information content (AvgIpc) is 2.48. The lowest BCUT2D eigenvalue weighted by Gasteiger charge is -2.12. The fourth-order valence-electron chi connectivity index (χ4n) is 1.29. The minimum Gasteiger partial charge on any atom is -0.379 e. The molecule has 1 heterocycles. The molecule has 0 aromatic rings. The lowest BCUT2D eigenvalue weighted by atomic mass is 10.0. The minimum absolute atomic E-state index is 0.000880. The van der Waals surface area contributed by atoms with E-state index in [1.54, 1.807) is 0 Å². The molecule has 0 aromatic carbocycles. The number of carbonyl (C=O) groups is 1. The van der Waals surface area contributed by atoms with Gasteiger partial charge in [0, 0.05) is 12.6 Å². The van der Waals surface area contributed by atoms with Gasteiger partial charge in [-0.05, 0) is 0 Å². The molecule has 1 fully saturated rings. The van der Waals surface area contributed by atoms with E-state index in [0.717, 1.165) is 0 Å². The molecule has 88 valence electrons. The number of hydrogen-bond acceptors (Lipinski definition) is 5. The predicted molar refractivity (Wildman–Crippen MR) is 53.3 cm³/mol. The summed E-state index contributed by atoms with van der Waals surface area (Å²) in [7, 11) is -3.53. The number of carbonyl (C=O) groups excluding carboxylic acids is 1. The molecule has 15 heavy (non-hydrogen) atoms. The van der Waals surface area contributed by atoms with Gasteiger partial charge in [0.15, 0.2) is 0 Å². The first-order valence-electron chi connectivity index (χ1n) is 4.51. The smallest absolute Gasteiger partial charge is 0.227 e. The van der Waals surface area contributed by atoms with Crippen LogP contribution >= 0.6 is 0 Å². The molecule has 0 bridgehead atoms.